The van der Waals surface area contributed by atoms with Crippen LogP contribution in [0.5, 0.6) is 0 Å². The Morgan fingerprint density at radius 3 is 2.71 bits per heavy atom. The van der Waals surface area contributed by atoms with Gasteiger partial charge >= 0.3 is 6.09 Å². The fraction of sp³-hybridized carbons (Fsp3) is 0.588. The largest absolute Gasteiger partial charge is 0.443 e. The third-order valence-electron chi connectivity index (χ3n) is 9.17. The van der Waals surface area contributed by atoms with Gasteiger partial charge in [0.15, 0.2) is 11.4 Å². The number of amides is 1. The molecule has 0 bridgehead atoms. The smallest absolute Gasteiger partial charge is 0.407 e. The molecule has 1 amide bonds. The van der Waals surface area contributed by atoms with Crippen molar-refractivity contribution in [2.24, 2.45) is 11.8 Å². The number of carbonyl (C=O) groups is 1. The number of anilines is 1. The van der Waals surface area contributed by atoms with Gasteiger partial charge in [0.2, 0.25) is 10.0 Å². The summed E-state index contributed by atoms with van der Waals surface area (Å²) in [5.74, 6) is -0.0439. The van der Waals surface area contributed by atoms with E-state index in [1.807, 2.05) is 44.2 Å². The van der Waals surface area contributed by atoms with Gasteiger partial charge in [-0.15, -0.1) is 0 Å². The van der Waals surface area contributed by atoms with Gasteiger partial charge in [-0.25, -0.2) is 18.2 Å². The highest BCUT2D eigenvalue weighted by Crippen LogP contribution is 2.33. The number of hydrogen-bond donors (Lipinski definition) is 3. The Morgan fingerprint density at radius 2 is 1.94 bits per heavy atom. The number of hydrogen-bond acceptors (Lipinski definition) is 11. The van der Waals surface area contributed by atoms with E-state index in [-0.39, 0.29) is 49.1 Å². The van der Waals surface area contributed by atoms with Crippen molar-refractivity contribution in [3.63, 3.8) is 0 Å². The normalized spacial score (nSPS) is 22.7. The minimum absolute atomic E-state index is 0.0139. The van der Waals surface area contributed by atoms with Crippen molar-refractivity contribution in [1.29, 1.82) is 0 Å². The first-order valence-electron chi connectivity index (χ1n) is 16.9. The van der Waals surface area contributed by atoms with Crippen LogP contribution in [-0.2, 0) is 30.7 Å². The van der Waals surface area contributed by atoms with E-state index in [2.05, 4.69) is 20.5 Å². The molecule has 3 saturated heterocycles. The van der Waals surface area contributed by atoms with Gasteiger partial charge in [0.1, 0.15) is 6.10 Å². The molecular weight excluding hydrogens is 655 g/mol. The molecule has 3 aliphatic heterocycles. The Labute approximate surface area is 286 Å². The standard InChI is InChI=1S/C34H47N5O7S2/c1-23(2)20-39(48(42,43)25-10-11-27-31(19-25)47-33(36-27)35-13-16-38-14-6-7-15-38)21-29(40)28(18-24-8-4-3-5-9-24)37-34(41)46-30-22-45-32-26(30)12-17-44-32/h3-5,8-11,19,23,26,28-30,32,40H,6-7,12-18,20-22H2,1-2H3,(H,35,36)(H,37,41). The van der Waals surface area contributed by atoms with Crippen molar-refractivity contribution in [3.8, 4) is 0 Å². The first kappa shape index (κ1) is 35.0. The van der Waals surface area contributed by atoms with Crippen molar-refractivity contribution < 1.29 is 32.5 Å². The second-order valence-electron chi connectivity index (χ2n) is 13.3. The molecule has 3 N–H and O–H groups in total. The second-order valence-corrected chi connectivity index (χ2v) is 16.3. The number of alkyl carbamates (subject to hydrolysis) is 1. The van der Waals surface area contributed by atoms with E-state index in [0.717, 1.165) is 53.5 Å². The quantitative estimate of drug-likeness (QED) is 0.214. The van der Waals surface area contributed by atoms with E-state index in [0.29, 0.717) is 6.61 Å². The number of benzene rings is 2. The van der Waals surface area contributed by atoms with Crippen LogP contribution >= 0.6 is 11.3 Å². The van der Waals surface area contributed by atoms with E-state index in [9.17, 15) is 18.3 Å². The summed E-state index contributed by atoms with van der Waals surface area (Å²) < 4.78 is 47.3. The number of aliphatic hydroxyl groups excluding tert-OH is 1. The van der Waals surface area contributed by atoms with E-state index in [4.69, 9.17) is 14.2 Å². The van der Waals surface area contributed by atoms with E-state index < -0.39 is 34.4 Å². The van der Waals surface area contributed by atoms with Gasteiger partial charge in [0, 0.05) is 26.2 Å². The van der Waals surface area contributed by atoms with Gasteiger partial charge in [0.25, 0.3) is 0 Å². The average molecular weight is 702 g/mol. The molecule has 4 heterocycles. The number of carbonyl (C=O) groups excluding carboxylic acids is 1. The van der Waals surface area contributed by atoms with E-state index >= 15 is 0 Å². The molecule has 3 aromatic rings. The van der Waals surface area contributed by atoms with Crippen LogP contribution in [0.4, 0.5) is 9.93 Å². The predicted molar refractivity (Wildman–Crippen MR) is 185 cm³/mol. The van der Waals surface area contributed by atoms with Gasteiger partial charge in [-0.3, -0.25) is 0 Å². The van der Waals surface area contributed by atoms with Crippen molar-refractivity contribution in [2.75, 3.05) is 57.8 Å². The molecule has 0 radical (unpaired) electrons. The molecule has 262 valence electrons. The van der Waals surface area contributed by atoms with E-state index in [1.54, 1.807) is 18.2 Å². The molecule has 0 aliphatic carbocycles. The molecule has 12 nitrogen and oxygen atoms in total. The highest BCUT2D eigenvalue weighted by atomic mass is 32.2. The Morgan fingerprint density at radius 1 is 1.15 bits per heavy atom. The summed E-state index contributed by atoms with van der Waals surface area (Å²) >= 11 is 1.43. The maximum Gasteiger partial charge on any atom is 0.407 e. The maximum absolute atomic E-state index is 14.2. The monoisotopic (exact) mass is 701 g/mol. The number of sulfonamides is 1. The van der Waals surface area contributed by atoms with Crippen LogP contribution in [0.3, 0.4) is 0 Å². The highest BCUT2D eigenvalue weighted by molar-refractivity contribution is 7.89. The SMILES string of the molecule is CC(C)CN(CC(O)C(Cc1ccccc1)NC(=O)OC1COC2OCCC12)S(=O)(=O)c1ccc2nc(NCCN3CCCC3)sc2c1. The molecule has 6 rings (SSSR count). The molecular formula is C34H47N5O7S2. The lowest BCUT2D eigenvalue weighted by molar-refractivity contribution is -0.0907. The summed E-state index contributed by atoms with van der Waals surface area (Å²) in [6.07, 6.45) is 0.776. The van der Waals surface area contributed by atoms with Crippen LogP contribution in [0, 0.1) is 11.8 Å². The second kappa shape index (κ2) is 15.8. The molecule has 0 spiro atoms. The number of fused-ring (bicyclic) bond motifs is 2. The summed E-state index contributed by atoms with van der Waals surface area (Å²) in [5, 5.41) is 18.6. The number of thiazole rings is 1. The molecule has 48 heavy (non-hydrogen) atoms. The summed E-state index contributed by atoms with van der Waals surface area (Å²) in [6, 6.07) is 13.6. The topological polar surface area (TPSA) is 143 Å². The zero-order valence-corrected chi connectivity index (χ0v) is 29.3. The van der Waals surface area contributed by atoms with Crippen LogP contribution < -0.4 is 10.6 Å². The van der Waals surface area contributed by atoms with Gasteiger partial charge in [-0.05, 0) is 68.5 Å². The molecule has 14 heteroatoms. The number of aliphatic hydroxyl groups is 1. The molecule has 1 aromatic heterocycles. The van der Waals surface area contributed by atoms with Gasteiger partial charge in [-0.1, -0.05) is 55.5 Å². The molecule has 5 atom stereocenters. The van der Waals surface area contributed by atoms with Crippen LogP contribution in [0.1, 0.15) is 38.7 Å². The number of likely N-dealkylation sites (tertiary alicyclic amines) is 1. The van der Waals surface area contributed by atoms with Gasteiger partial charge in [-0.2, -0.15) is 4.31 Å². The summed E-state index contributed by atoms with van der Waals surface area (Å²) in [7, 11) is -4.01. The third-order valence-corrected chi connectivity index (χ3v) is 12.0. The van der Waals surface area contributed by atoms with Crippen LogP contribution in [0.15, 0.2) is 53.4 Å². The van der Waals surface area contributed by atoms with Crippen LogP contribution in [0.2, 0.25) is 0 Å². The number of nitrogens with one attached hydrogen (secondary N) is 2. The van der Waals surface area contributed by atoms with E-state index in [1.165, 1.54) is 28.5 Å². The van der Waals surface area contributed by atoms with Crippen molar-refractivity contribution >= 4 is 42.8 Å². The van der Waals surface area contributed by atoms with Crippen LogP contribution in [0.25, 0.3) is 10.2 Å². The lowest BCUT2D eigenvalue weighted by Gasteiger charge is -2.31. The summed E-state index contributed by atoms with van der Waals surface area (Å²) in [5.41, 5.74) is 1.61. The summed E-state index contributed by atoms with van der Waals surface area (Å²) in [6.45, 7) is 8.63. The number of rotatable bonds is 15. The minimum Gasteiger partial charge on any atom is -0.443 e. The van der Waals surface area contributed by atoms with Crippen molar-refractivity contribution in [1.82, 2.24) is 19.5 Å². The molecule has 3 fully saturated rings. The first-order valence-corrected chi connectivity index (χ1v) is 19.2. The number of aromatic nitrogens is 1. The van der Waals surface area contributed by atoms with Crippen LogP contribution in [-0.4, -0.2) is 111 Å². The zero-order valence-electron chi connectivity index (χ0n) is 27.6. The minimum atomic E-state index is -4.01. The summed E-state index contributed by atoms with van der Waals surface area (Å²) in [4.78, 5) is 20.4. The highest BCUT2D eigenvalue weighted by Gasteiger charge is 2.44. The van der Waals surface area contributed by atoms with Gasteiger partial charge in [0.05, 0.1) is 46.4 Å². The Hall–Kier alpha value is -2.85. The van der Waals surface area contributed by atoms with Gasteiger partial charge < -0.3 is 34.9 Å². The van der Waals surface area contributed by atoms with Crippen molar-refractivity contribution in [3.05, 3.63) is 54.1 Å². The molecule has 0 saturated carbocycles. The molecule has 5 unspecified atom stereocenters. The number of nitrogens with zero attached hydrogens (tertiary/aromatic N) is 3. The fourth-order valence-electron chi connectivity index (χ4n) is 6.65. The zero-order chi connectivity index (χ0) is 33.7. The lowest BCUT2D eigenvalue weighted by Crippen LogP contribution is -2.51. The lowest BCUT2D eigenvalue weighted by atomic mass is 10.0. The fourth-order valence-corrected chi connectivity index (χ4v) is 9.31. The maximum atomic E-state index is 14.2. The molecule has 3 aliphatic rings. The predicted octanol–water partition coefficient (Wildman–Crippen LogP) is 3.91. The average Bonchev–Trinajstić information content (AvgIpc) is 3.87. The number of ether oxygens (including phenoxy) is 3. The third kappa shape index (κ3) is 8.65. The Balaban J connectivity index is 1.16. The first-order chi connectivity index (χ1) is 23.2. The molecule has 2 aromatic carbocycles. The van der Waals surface area contributed by atoms with Crippen molar-refractivity contribution in [2.45, 2.75) is 69.0 Å². The Bertz CT molecular complexity index is 1620. The Kier molecular flexibility index (Phi) is 11.5.